The van der Waals surface area contributed by atoms with Gasteiger partial charge in [0.2, 0.25) is 0 Å². The molecule has 10 heteroatoms. The predicted octanol–water partition coefficient (Wildman–Crippen LogP) is 8.49. The number of aliphatic hydroxyl groups excluding tert-OH is 4. The molecule has 6 atom stereocenters. The minimum Gasteiger partial charge on any atom is -0.462 e. The lowest BCUT2D eigenvalue weighted by Crippen LogP contribution is -2.59. The minimum atomic E-state index is -1.60. The maximum atomic E-state index is 12.6. The van der Waals surface area contributed by atoms with Crippen molar-refractivity contribution in [2.45, 2.75) is 198 Å². The lowest BCUT2D eigenvalue weighted by atomic mass is 9.99. The predicted molar refractivity (Wildman–Crippen MR) is 215 cm³/mol. The number of hydrogen-bond donors (Lipinski definition) is 4. The Morgan fingerprint density at radius 1 is 0.574 bits per heavy atom. The van der Waals surface area contributed by atoms with Gasteiger partial charge in [0.1, 0.15) is 31.0 Å². The zero-order chi connectivity index (χ0) is 39.5. The van der Waals surface area contributed by atoms with Crippen LogP contribution in [0.4, 0.5) is 0 Å². The Hall–Kier alpha value is -2.34. The van der Waals surface area contributed by atoms with Gasteiger partial charge in [-0.3, -0.25) is 9.59 Å². The van der Waals surface area contributed by atoms with Crippen LogP contribution in [0.3, 0.4) is 0 Å². The van der Waals surface area contributed by atoms with Gasteiger partial charge in [-0.05, 0) is 51.4 Å². The Morgan fingerprint density at radius 3 is 1.61 bits per heavy atom. The second-order valence-corrected chi connectivity index (χ2v) is 14.4. The van der Waals surface area contributed by atoms with E-state index in [1.165, 1.54) is 77.0 Å². The number of unbranched alkanes of at least 4 members (excludes halogenated alkanes) is 15. The van der Waals surface area contributed by atoms with Crippen molar-refractivity contribution >= 4 is 11.9 Å². The largest absolute Gasteiger partial charge is 0.462 e. The molecular weight excluding hydrogens is 688 g/mol. The van der Waals surface area contributed by atoms with Gasteiger partial charge < -0.3 is 39.4 Å². The van der Waals surface area contributed by atoms with Crippen LogP contribution in [-0.4, -0.2) is 89.0 Å². The highest BCUT2D eigenvalue weighted by Gasteiger charge is 2.44. The summed E-state index contributed by atoms with van der Waals surface area (Å²) in [5.41, 5.74) is 0. The van der Waals surface area contributed by atoms with Gasteiger partial charge in [-0.15, -0.1) is 0 Å². The molecule has 0 aliphatic carbocycles. The molecule has 4 N–H and O–H groups in total. The number of carbonyl (C=O) groups excluding carboxylic acids is 2. The Bertz CT molecular complexity index is 1020. The van der Waals surface area contributed by atoms with E-state index in [2.05, 4.69) is 56.4 Å². The molecule has 0 saturated carbocycles. The van der Waals surface area contributed by atoms with E-state index in [0.717, 1.165) is 44.9 Å². The van der Waals surface area contributed by atoms with Gasteiger partial charge in [0.05, 0.1) is 13.2 Å². The summed E-state index contributed by atoms with van der Waals surface area (Å²) in [6, 6.07) is 0. The van der Waals surface area contributed by atoms with E-state index in [4.69, 9.17) is 18.9 Å². The number of carbonyl (C=O) groups is 2. The summed E-state index contributed by atoms with van der Waals surface area (Å²) < 4.78 is 22.0. The van der Waals surface area contributed by atoms with Crippen LogP contribution in [0.15, 0.2) is 48.6 Å². The van der Waals surface area contributed by atoms with Crippen LogP contribution in [0.2, 0.25) is 0 Å². The van der Waals surface area contributed by atoms with Crippen molar-refractivity contribution < 1.29 is 49.0 Å². The summed E-state index contributed by atoms with van der Waals surface area (Å²) in [6.07, 6.45) is 32.9. The third-order valence-corrected chi connectivity index (χ3v) is 9.47. The van der Waals surface area contributed by atoms with Crippen LogP contribution in [0.5, 0.6) is 0 Å². The van der Waals surface area contributed by atoms with Gasteiger partial charge in [0.25, 0.3) is 0 Å². The smallest absolute Gasteiger partial charge is 0.306 e. The molecule has 1 rings (SSSR count). The van der Waals surface area contributed by atoms with E-state index in [9.17, 15) is 30.0 Å². The van der Waals surface area contributed by atoms with Gasteiger partial charge in [-0.25, -0.2) is 0 Å². The fourth-order valence-corrected chi connectivity index (χ4v) is 6.06. The molecule has 1 aliphatic heterocycles. The van der Waals surface area contributed by atoms with Gasteiger partial charge in [0.15, 0.2) is 12.4 Å². The summed E-state index contributed by atoms with van der Waals surface area (Å²) in [6.45, 7) is 3.31. The molecule has 1 fully saturated rings. The normalized spacial score (nSPS) is 21.2. The molecule has 54 heavy (non-hydrogen) atoms. The van der Waals surface area contributed by atoms with E-state index < -0.39 is 55.4 Å². The molecule has 0 spiro atoms. The van der Waals surface area contributed by atoms with Crippen LogP contribution >= 0.6 is 0 Å². The Morgan fingerprint density at radius 2 is 1.06 bits per heavy atom. The Labute approximate surface area is 327 Å². The number of esters is 2. The molecule has 312 valence electrons. The third-order valence-electron chi connectivity index (χ3n) is 9.47. The van der Waals surface area contributed by atoms with Crippen LogP contribution in [-0.2, 0) is 28.5 Å². The van der Waals surface area contributed by atoms with Gasteiger partial charge in [0, 0.05) is 12.8 Å². The first-order valence-corrected chi connectivity index (χ1v) is 21.2. The number of allylic oxidation sites excluding steroid dienone is 8. The third kappa shape index (κ3) is 26.5. The number of ether oxygens (including phenoxy) is 4. The first-order chi connectivity index (χ1) is 26.3. The first-order valence-electron chi connectivity index (χ1n) is 21.2. The van der Waals surface area contributed by atoms with E-state index in [1.54, 1.807) is 0 Å². The number of aliphatic hydroxyl groups is 4. The van der Waals surface area contributed by atoms with Crippen molar-refractivity contribution in [3.8, 4) is 0 Å². The molecule has 0 bridgehead atoms. The number of hydrogen-bond acceptors (Lipinski definition) is 10. The van der Waals surface area contributed by atoms with Crippen molar-refractivity contribution in [3.05, 3.63) is 48.6 Å². The summed E-state index contributed by atoms with van der Waals surface area (Å²) >= 11 is 0. The van der Waals surface area contributed by atoms with Gasteiger partial charge in [-0.2, -0.15) is 0 Å². The number of rotatable bonds is 34. The fraction of sp³-hybridized carbons (Fsp3) is 0.773. The first kappa shape index (κ1) is 49.7. The van der Waals surface area contributed by atoms with Crippen molar-refractivity contribution in [1.82, 2.24) is 0 Å². The van der Waals surface area contributed by atoms with E-state index in [1.807, 2.05) is 6.08 Å². The van der Waals surface area contributed by atoms with Crippen molar-refractivity contribution in [3.63, 3.8) is 0 Å². The minimum absolute atomic E-state index is 0.199. The summed E-state index contributed by atoms with van der Waals surface area (Å²) in [5.74, 6) is -0.879. The standard InChI is InChI=1S/C44H76O10/c1-3-5-7-9-11-13-14-15-16-17-18-19-20-21-22-23-24-25-27-28-30-32-39(46)51-35-37(53-40(47)33-31-29-26-12-10-8-6-4-2)36-52-44-43(50)42(49)41(48)38(34-45)54-44/h16-17,19-20,22-23,25,27,37-38,41-45,48-50H,3-15,18,21,24,26,28-36H2,1-2H3/b17-16+,20-19+,23-22+,27-25+/t37-,38-,41+,42?,43?,44-/m0/s1. The lowest BCUT2D eigenvalue weighted by molar-refractivity contribution is -0.305. The highest BCUT2D eigenvalue weighted by Crippen LogP contribution is 2.22. The Balaban J connectivity index is 2.34. The average Bonchev–Trinajstić information content (AvgIpc) is 3.17. The second kappa shape index (κ2) is 35.1. The Kier molecular flexibility index (Phi) is 32.3. The van der Waals surface area contributed by atoms with Crippen LogP contribution in [0.25, 0.3) is 0 Å². The maximum absolute atomic E-state index is 12.6. The van der Waals surface area contributed by atoms with Gasteiger partial charge >= 0.3 is 11.9 Å². The van der Waals surface area contributed by atoms with E-state index in [-0.39, 0.29) is 26.1 Å². The highest BCUT2D eigenvalue weighted by molar-refractivity contribution is 5.70. The molecular formula is C44H76O10. The van der Waals surface area contributed by atoms with Crippen molar-refractivity contribution in [2.24, 2.45) is 0 Å². The molecule has 0 aromatic rings. The molecule has 0 aromatic heterocycles. The summed E-state index contributed by atoms with van der Waals surface area (Å²) in [5, 5.41) is 39.9. The maximum Gasteiger partial charge on any atom is 0.306 e. The van der Waals surface area contributed by atoms with Crippen molar-refractivity contribution in [2.75, 3.05) is 19.8 Å². The van der Waals surface area contributed by atoms with Crippen LogP contribution in [0, 0.1) is 0 Å². The zero-order valence-electron chi connectivity index (χ0n) is 33.7. The molecule has 1 saturated heterocycles. The quantitative estimate of drug-likeness (QED) is 0.0285. The van der Waals surface area contributed by atoms with E-state index in [0.29, 0.717) is 12.8 Å². The molecule has 0 radical (unpaired) electrons. The second-order valence-electron chi connectivity index (χ2n) is 14.4. The lowest BCUT2D eigenvalue weighted by Gasteiger charge is -2.39. The zero-order valence-corrected chi connectivity index (χ0v) is 33.7. The van der Waals surface area contributed by atoms with Gasteiger partial charge in [-0.1, -0.05) is 146 Å². The average molecular weight is 765 g/mol. The highest BCUT2D eigenvalue weighted by atomic mass is 16.7. The summed E-state index contributed by atoms with van der Waals surface area (Å²) in [7, 11) is 0. The molecule has 1 heterocycles. The fourth-order valence-electron chi connectivity index (χ4n) is 6.06. The van der Waals surface area contributed by atoms with Crippen molar-refractivity contribution in [1.29, 1.82) is 0 Å². The molecule has 0 amide bonds. The SMILES string of the molecule is CCCCCCCCC/C=C/C/C=C/C/C=C/C/C=C/CCCC(=O)OC[C@@H](CO[C@H]1O[C@@H](CO)[C@@H](O)C(O)C1O)OC(=O)CCCCCCCCCC. The topological polar surface area (TPSA) is 152 Å². The molecule has 1 aliphatic rings. The van der Waals surface area contributed by atoms with Crippen LogP contribution in [0.1, 0.15) is 162 Å². The molecule has 2 unspecified atom stereocenters. The monoisotopic (exact) mass is 765 g/mol. The van der Waals surface area contributed by atoms with E-state index >= 15 is 0 Å². The molecule has 0 aromatic carbocycles. The van der Waals surface area contributed by atoms with Crippen LogP contribution < -0.4 is 0 Å². The molecule has 10 nitrogen and oxygen atoms in total. The summed E-state index contributed by atoms with van der Waals surface area (Å²) in [4.78, 5) is 25.1.